The number of nitrogens with zero attached hydrogens (tertiary/aromatic N) is 1. The second kappa shape index (κ2) is 11.6. The Balaban J connectivity index is 1.27. The molecule has 1 aromatic heterocycles. The van der Waals surface area contributed by atoms with E-state index in [9.17, 15) is 9.59 Å². The van der Waals surface area contributed by atoms with E-state index < -0.39 is 0 Å². The smallest absolute Gasteiger partial charge is 0.255 e. The zero-order chi connectivity index (χ0) is 24.8. The van der Waals surface area contributed by atoms with Gasteiger partial charge in [-0.25, -0.2) is 4.98 Å². The molecular formula is C25H19Cl2N3O3S2. The summed E-state index contributed by atoms with van der Waals surface area (Å²) in [6.45, 7) is 0. The lowest BCUT2D eigenvalue weighted by atomic mass is 10.2. The second-order valence-electron chi connectivity index (χ2n) is 7.21. The molecule has 35 heavy (non-hydrogen) atoms. The molecule has 10 heteroatoms. The number of benzene rings is 3. The van der Waals surface area contributed by atoms with Gasteiger partial charge in [-0.3, -0.25) is 9.59 Å². The molecule has 4 aromatic rings. The number of amides is 2. The average Bonchev–Trinajstić information content (AvgIpc) is 3.31. The number of hydrogen-bond donors (Lipinski definition) is 2. The highest BCUT2D eigenvalue weighted by molar-refractivity contribution is 8.00. The van der Waals surface area contributed by atoms with Crippen LogP contribution in [0.2, 0.25) is 10.0 Å². The first kappa shape index (κ1) is 25.1. The van der Waals surface area contributed by atoms with Gasteiger partial charge in [0.2, 0.25) is 5.91 Å². The fourth-order valence-corrected chi connectivity index (χ4v) is 4.97. The van der Waals surface area contributed by atoms with Gasteiger partial charge in [0.25, 0.3) is 5.91 Å². The molecule has 0 saturated carbocycles. The van der Waals surface area contributed by atoms with Crippen LogP contribution in [0.1, 0.15) is 10.4 Å². The monoisotopic (exact) mass is 543 g/mol. The minimum atomic E-state index is -0.213. The van der Waals surface area contributed by atoms with Gasteiger partial charge in [-0.2, -0.15) is 0 Å². The Morgan fingerprint density at radius 3 is 2.43 bits per heavy atom. The Bertz CT molecular complexity index is 1340. The fourth-order valence-electron chi connectivity index (χ4n) is 3.04. The van der Waals surface area contributed by atoms with Crippen LogP contribution in [0.5, 0.6) is 5.75 Å². The molecular weight excluding hydrogens is 525 g/mol. The first-order valence-electron chi connectivity index (χ1n) is 10.3. The van der Waals surface area contributed by atoms with Crippen molar-refractivity contribution in [2.24, 2.45) is 0 Å². The van der Waals surface area contributed by atoms with Crippen LogP contribution < -0.4 is 15.4 Å². The Kier molecular flexibility index (Phi) is 8.30. The molecule has 0 radical (unpaired) electrons. The molecule has 0 aliphatic carbocycles. The third kappa shape index (κ3) is 6.76. The van der Waals surface area contributed by atoms with Gasteiger partial charge in [-0.1, -0.05) is 23.2 Å². The molecule has 0 spiro atoms. The van der Waals surface area contributed by atoms with Gasteiger partial charge in [0, 0.05) is 32.1 Å². The number of rotatable bonds is 8. The van der Waals surface area contributed by atoms with E-state index in [-0.39, 0.29) is 17.6 Å². The van der Waals surface area contributed by atoms with E-state index in [0.29, 0.717) is 37.9 Å². The minimum absolute atomic E-state index is 0.171. The summed E-state index contributed by atoms with van der Waals surface area (Å²) in [6, 6.07) is 19.4. The normalized spacial score (nSPS) is 10.6. The van der Waals surface area contributed by atoms with Gasteiger partial charge in [0.1, 0.15) is 5.75 Å². The largest absolute Gasteiger partial charge is 0.497 e. The first-order chi connectivity index (χ1) is 16.9. The Morgan fingerprint density at radius 2 is 1.74 bits per heavy atom. The van der Waals surface area contributed by atoms with Gasteiger partial charge < -0.3 is 15.4 Å². The van der Waals surface area contributed by atoms with Crippen LogP contribution >= 0.6 is 46.3 Å². The number of methoxy groups -OCH3 is 1. The third-order valence-electron chi connectivity index (χ3n) is 4.79. The number of aromatic nitrogens is 1. The number of halogens is 2. The lowest BCUT2D eigenvalue weighted by molar-refractivity contribution is -0.113. The van der Waals surface area contributed by atoms with Crippen LogP contribution in [0, 0.1) is 0 Å². The maximum atomic E-state index is 12.4. The van der Waals surface area contributed by atoms with Crippen molar-refractivity contribution < 1.29 is 14.3 Å². The lowest BCUT2D eigenvalue weighted by Crippen LogP contribution is -2.13. The highest BCUT2D eigenvalue weighted by atomic mass is 35.5. The predicted molar refractivity (Wildman–Crippen MR) is 144 cm³/mol. The maximum Gasteiger partial charge on any atom is 0.255 e. The van der Waals surface area contributed by atoms with E-state index in [2.05, 4.69) is 15.6 Å². The number of nitrogens with one attached hydrogen (secondary N) is 2. The SMILES string of the molecule is COc1ccc(C(=O)Nc2ccc(SCC(=O)Nc3nc(-c4ccc(Cl)cc4Cl)cs3)cc2)cc1. The molecule has 4 rings (SSSR count). The number of thiazole rings is 1. The van der Waals surface area contributed by atoms with Gasteiger partial charge in [-0.05, 0) is 66.7 Å². The van der Waals surface area contributed by atoms with E-state index in [4.69, 9.17) is 27.9 Å². The van der Waals surface area contributed by atoms with Crippen molar-refractivity contribution in [2.75, 3.05) is 23.5 Å². The number of thioether (sulfide) groups is 1. The molecule has 3 aromatic carbocycles. The number of carbonyl (C=O) groups is 2. The Hall–Kier alpha value is -3.04. The van der Waals surface area contributed by atoms with Gasteiger partial charge in [-0.15, -0.1) is 23.1 Å². The molecule has 2 N–H and O–H groups in total. The number of hydrogen-bond acceptors (Lipinski definition) is 6. The summed E-state index contributed by atoms with van der Waals surface area (Å²) in [7, 11) is 1.58. The zero-order valence-corrected chi connectivity index (χ0v) is 21.5. The number of carbonyl (C=O) groups excluding carboxylic acids is 2. The van der Waals surface area contributed by atoms with Crippen LogP contribution in [0.4, 0.5) is 10.8 Å². The quantitative estimate of drug-likeness (QED) is 0.231. The summed E-state index contributed by atoms with van der Waals surface area (Å²) in [4.78, 5) is 30.1. The molecule has 2 amide bonds. The number of anilines is 2. The van der Waals surface area contributed by atoms with Crippen molar-refractivity contribution in [3.63, 3.8) is 0 Å². The molecule has 6 nitrogen and oxygen atoms in total. The fraction of sp³-hybridized carbons (Fsp3) is 0.0800. The van der Waals surface area contributed by atoms with Crippen molar-refractivity contribution in [3.05, 3.63) is 87.7 Å². The summed E-state index contributed by atoms with van der Waals surface area (Å²) in [5.41, 5.74) is 2.62. The maximum absolute atomic E-state index is 12.4. The molecule has 178 valence electrons. The Morgan fingerprint density at radius 1 is 1.00 bits per heavy atom. The summed E-state index contributed by atoms with van der Waals surface area (Å²) in [5, 5.41) is 9.03. The number of ether oxygens (including phenoxy) is 1. The topological polar surface area (TPSA) is 80.3 Å². The molecule has 0 unspecified atom stereocenters. The summed E-state index contributed by atoms with van der Waals surface area (Å²) in [5.74, 6) is 0.520. The van der Waals surface area contributed by atoms with Crippen LogP contribution in [0.3, 0.4) is 0 Å². The molecule has 0 aliphatic rings. The van der Waals surface area contributed by atoms with Crippen LogP contribution in [-0.4, -0.2) is 29.7 Å². The standard InChI is InChI=1S/C25H19Cl2N3O3S2/c1-33-18-7-2-15(3-8-18)24(32)28-17-5-9-19(10-6-17)34-14-23(31)30-25-29-22(13-35-25)20-11-4-16(26)12-21(20)27/h2-13H,14H2,1H3,(H,28,32)(H,29,30,31). The first-order valence-corrected chi connectivity index (χ1v) is 12.9. The highest BCUT2D eigenvalue weighted by Crippen LogP contribution is 2.32. The predicted octanol–water partition coefficient (Wildman–Crippen LogP) is 7.11. The average molecular weight is 544 g/mol. The molecule has 0 saturated heterocycles. The molecule has 0 bridgehead atoms. The van der Waals surface area contributed by atoms with Gasteiger partial charge >= 0.3 is 0 Å². The van der Waals surface area contributed by atoms with Crippen molar-refractivity contribution in [2.45, 2.75) is 4.90 Å². The Labute approximate surface area is 220 Å². The van der Waals surface area contributed by atoms with Gasteiger partial charge in [0.15, 0.2) is 5.13 Å². The summed E-state index contributed by atoms with van der Waals surface area (Å²) >= 11 is 14.9. The van der Waals surface area contributed by atoms with Crippen LogP contribution in [-0.2, 0) is 4.79 Å². The molecule has 0 aliphatic heterocycles. The molecule has 1 heterocycles. The van der Waals surface area contributed by atoms with Crippen molar-refractivity contribution in [3.8, 4) is 17.0 Å². The van der Waals surface area contributed by atoms with E-state index in [0.717, 1.165) is 10.5 Å². The van der Waals surface area contributed by atoms with Crippen molar-refractivity contribution >= 4 is 68.9 Å². The second-order valence-corrected chi connectivity index (χ2v) is 9.96. The van der Waals surface area contributed by atoms with Crippen molar-refractivity contribution in [1.29, 1.82) is 0 Å². The van der Waals surface area contributed by atoms with E-state index in [1.807, 2.05) is 17.5 Å². The van der Waals surface area contributed by atoms with E-state index >= 15 is 0 Å². The highest BCUT2D eigenvalue weighted by Gasteiger charge is 2.12. The van der Waals surface area contributed by atoms with Crippen molar-refractivity contribution in [1.82, 2.24) is 4.98 Å². The third-order valence-corrected chi connectivity index (χ3v) is 7.11. The zero-order valence-electron chi connectivity index (χ0n) is 18.4. The molecule has 0 fully saturated rings. The summed E-state index contributed by atoms with van der Waals surface area (Å²) < 4.78 is 5.11. The minimum Gasteiger partial charge on any atom is -0.497 e. The lowest BCUT2D eigenvalue weighted by Gasteiger charge is -2.07. The summed E-state index contributed by atoms with van der Waals surface area (Å²) in [6.07, 6.45) is 0. The van der Waals surface area contributed by atoms with E-state index in [1.165, 1.54) is 23.1 Å². The van der Waals surface area contributed by atoms with E-state index in [1.54, 1.807) is 61.7 Å². The van der Waals surface area contributed by atoms with Crippen LogP contribution in [0.25, 0.3) is 11.3 Å². The molecule has 0 atom stereocenters. The van der Waals surface area contributed by atoms with Gasteiger partial charge in [0.05, 0.1) is 23.6 Å². The van der Waals surface area contributed by atoms with Crippen LogP contribution in [0.15, 0.2) is 77.0 Å².